The third kappa shape index (κ3) is 5.07. The molecule has 0 bridgehead atoms. The van der Waals surface area contributed by atoms with Crippen LogP contribution in [-0.2, 0) is 6.42 Å². The predicted octanol–water partition coefficient (Wildman–Crippen LogP) is 4.27. The lowest BCUT2D eigenvalue weighted by molar-refractivity contribution is 0.222. The summed E-state index contributed by atoms with van der Waals surface area (Å²) in [6.45, 7) is 10.2. The largest absolute Gasteiger partial charge is 0.314 e. The first-order valence-electron chi connectivity index (χ1n) is 7.23. The highest BCUT2D eigenvalue weighted by atomic mass is 32.1. The summed E-state index contributed by atoms with van der Waals surface area (Å²) in [6.07, 6.45) is 8.18. The number of aromatic nitrogens is 1. The molecule has 0 radical (unpaired) electrons. The molecule has 1 heterocycles. The second-order valence-electron chi connectivity index (χ2n) is 5.60. The molecule has 0 spiro atoms. The molecule has 0 fully saturated rings. The van der Waals surface area contributed by atoms with E-state index in [1.807, 2.05) is 6.20 Å². The molecule has 2 nitrogen and oxygen atoms in total. The number of nitrogens with one attached hydrogen (secondary N) is 1. The van der Waals surface area contributed by atoms with Crippen molar-refractivity contribution in [2.24, 2.45) is 5.41 Å². The van der Waals surface area contributed by atoms with Gasteiger partial charge in [0.15, 0.2) is 0 Å². The molecule has 18 heavy (non-hydrogen) atoms. The molecule has 0 amide bonds. The van der Waals surface area contributed by atoms with E-state index in [-0.39, 0.29) is 0 Å². The van der Waals surface area contributed by atoms with E-state index in [0.29, 0.717) is 11.5 Å². The van der Waals surface area contributed by atoms with E-state index in [1.54, 1.807) is 11.3 Å². The second-order valence-corrected chi connectivity index (χ2v) is 6.57. The Kier molecular flexibility index (Phi) is 6.87. The van der Waals surface area contributed by atoms with Gasteiger partial charge in [-0.2, -0.15) is 0 Å². The Labute approximate surface area is 116 Å². The number of hydrogen-bond acceptors (Lipinski definition) is 3. The zero-order chi connectivity index (χ0) is 13.4. The van der Waals surface area contributed by atoms with Crippen molar-refractivity contribution in [3.8, 4) is 0 Å². The molecule has 0 aliphatic carbocycles. The molecule has 1 aromatic rings. The van der Waals surface area contributed by atoms with Crippen molar-refractivity contribution in [3.05, 3.63) is 16.6 Å². The Hall–Kier alpha value is -0.410. The monoisotopic (exact) mass is 268 g/mol. The lowest BCUT2D eigenvalue weighted by Crippen LogP contribution is -2.39. The molecule has 0 aliphatic heterocycles. The first-order valence-corrected chi connectivity index (χ1v) is 8.11. The minimum absolute atomic E-state index is 0.387. The minimum atomic E-state index is 0.387. The molecule has 1 N–H and O–H groups in total. The molecule has 104 valence electrons. The van der Waals surface area contributed by atoms with Crippen LogP contribution in [0.3, 0.4) is 0 Å². The SMILES string of the molecule is CCCCC(CC)(CNC(C)C)Cc1nccs1. The van der Waals surface area contributed by atoms with Crippen LogP contribution in [0.1, 0.15) is 58.4 Å². The van der Waals surface area contributed by atoms with Gasteiger partial charge in [0.25, 0.3) is 0 Å². The smallest absolute Gasteiger partial charge is 0.0930 e. The van der Waals surface area contributed by atoms with Crippen molar-refractivity contribution >= 4 is 11.3 Å². The Morgan fingerprint density at radius 2 is 2.17 bits per heavy atom. The fourth-order valence-electron chi connectivity index (χ4n) is 2.30. The molecular formula is C15H28N2S. The van der Waals surface area contributed by atoms with Crippen LogP contribution in [0, 0.1) is 5.41 Å². The van der Waals surface area contributed by atoms with Gasteiger partial charge in [-0.1, -0.05) is 40.5 Å². The van der Waals surface area contributed by atoms with E-state index in [4.69, 9.17) is 0 Å². The van der Waals surface area contributed by atoms with Gasteiger partial charge in [-0.25, -0.2) is 4.98 Å². The van der Waals surface area contributed by atoms with E-state index in [1.165, 1.54) is 30.7 Å². The number of unbranched alkanes of at least 4 members (excludes halogenated alkanes) is 1. The number of thiazole rings is 1. The van der Waals surface area contributed by atoms with Crippen LogP contribution in [0.25, 0.3) is 0 Å². The zero-order valence-electron chi connectivity index (χ0n) is 12.3. The Balaban J connectivity index is 2.69. The lowest BCUT2D eigenvalue weighted by atomic mass is 9.77. The van der Waals surface area contributed by atoms with Crippen molar-refractivity contribution in [1.29, 1.82) is 0 Å². The second kappa shape index (κ2) is 7.90. The van der Waals surface area contributed by atoms with E-state index < -0.39 is 0 Å². The van der Waals surface area contributed by atoms with E-state index in [2.05, 4.69) is 43.4 Å². The average molecular weight is 268 g/mol. The van der Waals surface area contributed by atoms with E-state index in [0.717, 1.165) is 13.0 Å². The standard InChI is InChI=1S/C15H28N2S/c1-5-7-8-15(6-2,12-17-13(3)4)11-14-16-9-10-18-14/h9-10,13,17H,5-8,11-12H2,1-4H3. The Morgan fingerprint density at radius 1 is 1.39 bits per heavy atom. The van der Waals surface area contributed by atoms with Gasteiger partial charge in [-0.05, 0) is 18.3 Å². The highest BCUT2D eigenvalue weighted by molar-refractivity contribution is 7.09. The number of hydrogen-bond donors (Lipinski definition) is 1. The average Bonchev–Trinajstić information content (AvgIpc) is 2.85. The van der Waals surface area contributed by atoms with Gasteiger partial charge >= 0.3 is 0 Å². The molecular weight excluding hydrogens is 240 g/mol. The van der Waals surface area contributed by atoms with Crippen LogP contribution in [0.2, 0.25) is 0 Å². The summed E-state index contributed by atoms with van der Waals surface area (Å²) in [5.74, 6) is 0. The zero-order valence-corrected chi connectivity index (χ0v) is 13.1. The highest BCUT2D eigenvalue weighted by Crippen LogP contribution is 2.33. The summed E-state index contributed by atoms with van der Waals surface area (Å²) in [5.41, 5.74) is 0.387. The lowest BCUT2D eigenvalue weighted by Gasteiger charge is -2.33. The normalized spacial score (nSPS) is 14.9. The molecule has 0 saturated heterocycles. The maximum atomic E-state index is 4.47. The van der Waals surface area contributed by atoms with Crippen molar-refractivity contribution in [3.63, 3.8) is 0 Å². The summed E-state index contributed by atoms with van der Waals surface area (Å²) in [7, 11) is 0. The summed E-state index contributed by atoms with van der Waals surface area (Å²) >= 11 is 1.79. The van der Waals surface area contributed by atoms with Crippen molar-refractivity contribution in [2.75, 3.05) is 6.54 Å². The van der Waals surface area contributed by atoms with Gasteiger partial charge in [-0.3, -0.25) is 0 Å². The maximum Gasteiger partial charge on any atom is 0.0930 e. The van der Waals surface area contributed by atoms with Crippen LogP contribution in [-0.4, -0.2) is 17.6 Å². The van der Waals surface area contributed by atoms with E-state index >= 15 is 0 Å². The predicted molar refractivity (Wildman–Crippen MR) is 81.2 cm³/mol. The highest BCUT2D eigenvalue weighted by Gasteiger charge is 2.28. The summed E-state index contributed by atoms with van der Waals surface area (Å²) < 4.78 is 0. The third-order valence-corrected chi connectivity index (χ3v) is 4.49. The fourth-order valence-corrected chi connectivity index (χ4v) is 3.09. The summed E-state index contributed by atoms with van der Waals surface area (Å²) in [6, 6.07) is 0.564. The minimum Gasteiger partial charge on any atom is -0.314 e. The molecule has 0 aliphatic rings. The number of rotatable bonds is 9. The van der Waals surface area contributed by atoms with Gasteiger partial charge in [0, 0.05) is 30.6 Å². The van der Waals surface area contributed by atoms with Crippen LogP contribution in [0.5, 0.6) is 0 Å². The molecule has 3 heteroatoms. The van der Waals surface area contributed by atoms with Crippen LogP contribution < -0.4 is 5.32 Å². The van der Waals surface area contributed by atoms with Gasteiger partial charge in [-0.15, -0.1) is 11.3 Å². The quantitative estimate of drug-likeness (QED) is 0.723. The molecule has 1 atom stereocenters. The number of nitrogens with zero attached hydrogens (tertiary/aromatic N) is 1. The Bertz CT molecular complexity index is 308. The van der Waals surface area contributed by atoms with Crippen LogP contribution in [0.15, 0.2) is 11.6 Å². The molecule has 0 aromatic carbocycles. The topological polar surface area (TPSA) is 24.9 Å². The fraction of sp³-hybridized carbons (Fsp3) is 0.800. The third-order valence-electron chi connectivity index (χ3n) is 3.71. The molecule has 0 saturated carbocycles. The van der Waals surface area contributed by atoms with Crippen molar-refractivity contribution in [1.82, 2.24) is 10.3 Å². The van der Waals surface area contributed by atoms with Crippen LogP contribution >= 0.6 is 11.3 Å². The van der Waals surface area contributed by atoms with Crippen molar-refractivity contribution < 1.29 is 0 Å². The van der Waals surface area contributed by atoms with Crippen LogP contribution in [0.4, 0.5) is 0 Å². The summed E-state index contributed by atoms with van der Waals surface area (Å²) in [4.78, 5) is 4.47. The van der Waals surface area contributed by atoms with Gasteiger partial charge < -0.3 is 5.32 Å². The van der Waals surface area contributed by atoms with Gasteiger partial charge in [0.2, 0.25) is 0 Å². The molecule has 1 unspecified atom stereocenters. The van der Waals surface area contributed by atoms with Gasteiger partial charge in [0.05, 0.1) is 5.01 Å². The first-order chi connectivity index (χ1) is 8.62. The Morgan fingerprint density at radius 3 is 2.67 bits per heavy atom. The van der Waals surface area contributed by atoms with Crippen molar-refractivity contribution in [2.45, 2.75) is 65.8 Å². The maximum absolute atomic E-state index is 4.47. The molecule has 1 rings (SSSR count). The molecule has 1 aromatic heterocycles. The van der Waals surface area contributed by atoms with Gasteiger partial charge in [0.1, 0.15) is 0 Å². The van der Waals surface area contributed by atoms with E-state index in [9.17, 15) is 0 Å². The first kappa shape index (κ1) is 15.6. The summed E-state index contributed by atoms with van der Waals surface area (Å²) in [5, 5.41) is 7.01.